The molecule has 0 spiro atoms. The van der Waals surface area contributed by atoms with E-state index in [-0.39, 0.29) is 10.8 Å². The van der Waals surface area contributed by atoms with Gasteiger partial charge in [0.1, 0.15) is 0 Å². The highest BCUT2D eigenvalue weighted by molar-refractivity contribution is 9.12. The Labute approximate surface area is 147 Å². The topological polar surface area (TPSA) is 17.1 Å². The molecule has 1 nitrogen and oxygen atoms in total. The third-order valence-corrected chi connectivity index (χ3v) is 10.5. The highest BCUT2D eigenvalue weighted by Crippen LogP contribution is 2.66. The molecule has 3 aliphatic carbocycles. The quantitative estimate of drug-likeness (QED) is 0.406. The first-order valence-corrected chi connectivity index (χ1v) is 10.3. The van der Waals surface area contributed by atoms with Crippen molar-refractivity contribution in [3.8, 4) is 0 Å². The first-order valence-electron chi connectivity index (χ1n) is 6.66. The molecule has 4 atom stereocenters. The molecule has 0 aromatic carbocycles. The van der Waals surface area contributed by atoms with Crippen LogP contribution in [-0.4, -0.2) is 25.1 Å². The second-order valence-corrected chi connectivity index (χ2v) is 11.0. The van der Waals surface area contributed by atoms with Crippen LogP contribution in [0.4, 0.5) is 0 Å². The molecular formula is C14H16Br4O. The summed E-state index contributed by atoms with van der Waals surface area (Å²) in [6.07, 6.45) is 9.19. The fourth-order valence-corrected chi connectivity index (χ4v) is 7.38. The normalized spacial score (nSPS) is 53.6. The second-order valence-electron chi connectivity index (χ2n) is 6.29. The number of allylic oxidation sites excluding steroid dienone is 2. The van der Waals surface area contributed by atoms with Crippen molar-refractivity contribution in [1.29, 1.82) is 0 Å². The Kier molecular flexibility index (Phi) is 4.17. The molecule has 0 aromatic heterocycles. The molecule has 19 heavy (non-hydrogen) atoms. The molecule has 2 saturated carbocycles. The molecule has 3 rings (SSSR count). The van der Waals surface area contributed by atoms with Gasteiger partial charge in [0.15, 0.2) is 5.78 Å². The molecule has 2 fully saturated rings. The number of alkyl halides is 4. The summed E-state index contributed by atoms with van der Waals surface area (Å²) in [7, 11) is 0. The third kappa shape index (κ3) is 2.39. The maximum atomic E-state index is 12.0. The summed E-state index contributed by atoms with van der Waals surface area (Å²) in [5, 5.41) is 0. The third-order valence-electron chi connectivity index (χ3n) is 5.23. The molecule has 0 unspecified atom stereocenters. The number of halogens is 4. The van der Waals surface area contributed by atoms with Crippen LogP contribution in [0.3, 0.4) is 0 Å². The van der Waals surface area contributed by atoms with E-state index in [4.69, 9.17) is 0 Å². The van der Waals surface area contributed by atoms with Crippen LogP contribution in [0.25, 0.3) is 0 Å². The van der Waals surface area contributed by atoms with Crippen molar-refractivity contribution in [3.05, 3.63) is 12.2 Å². The molecule has 0 N–H and O–H groups in total. The minimum absolute atomic E-state index is 0.135. The molecule has 0 aromatic rings. The number of hydrogen-bond acceptors (Lipinski definition) is 1. The fourth-order valence-electron chi connectivity index (χ4n) is 4.24. The highest BCUT2D eigenvalue weighted by atomic mass is 79.9. The molecule has 0 aliphatic heterocycles. The van der Waals surface area contributed by atoms with E-state index in [9.17, 15) is 4.79 Å². The van der Waals surface area contributed by atoms with Gasteiger partial charge in [-0.3, -0.25) is 4.79 Å². The lowest BCUT2D eigenvalue weighted by molar-refractivity contribution is -0.123. The Morgan fingerprint density at radius 2 is 1.37 bits per heavy atom. The van der Waals surface area contributed by atoms with E-state index < -0.39 is 0 Å². The highest BCUT2D eigenvalue weighted by Gasteiger charge is 2.60. The summed E-state index contributed by atoms with van der Waals surface area (Å²) in [4.78, 5) is 13.9. The summed E-state index contributed by atoms with van der Waals surface area (Å²) in [5.74, 6) is 0.302. The number of rotatable bonds is 0. The van der Waals surface area contributed by atoms with Gasteiger partial charge in [0.25, 0.3) is 0 Å². The van der Waals surface area contributed by atoms with Crippen molar-refractivity contribution >= 4 is 69.5 Å². The Hall–Kier alpha value is 1.33. The SMILES string of the molecule is O=C1C=CC23C[C@H](Br)[C@H](Br)CC2(C1)C[C@@H](Br)[C@@H](Br)C3. The lowest BCUT2D eigenvalue weighted by Gasteiger charge is -2.61. The van der Waals surface area contributed by atoms with Crippen molar-refractivity contribution < 1.29 is 4.79 Å². The zero-order valence-electron chi connectivity index (χ0n) is 10.4. The monoisotopic (exact) mass is 516 g/mol. The maximum Gasteiger partial charge on any atom is 0.155 e. The van der Waals surface area contributed by atoms with Gasteiger partial charge in [0, 0.05) is 25.7 Å². The van der Waals surface area contributed by atoms with Gasteiger partial charge in [-0.1, -0.05) is 69.8 Å². The average Bonchev–Trinajstić information content (AvgIpc) is 2.31. The molecule has 5 heteroatoms. The molecule has 0 radical (unpaired) electrons. The largest absolute Gasteiger partial charge is 0.295 e. The van der Waals surface area contributed by atoms with E-state index in [1.807, 2.05) is 6.08 Å². The van der Waals surface area contributed by atoms with E-state index in [1.54, 1.807) is 0 Å². The van der Waals surface area contributed by atoms with Crippen LogP contribution in [-0.2, 0) is 4.79 Å². The molecular weight excluding hydrogens is 504 g/mol. The zero-order chi connectivity index (χ0) is 13.8. The summed E-state index contributed by atoms with van der Waals surface area (Å²) in [5.41, 5.74) is 0.313. The van der Waals surface area contributed by atoms with E-state index in [1.165, 1.54) is 0 Å². The first-order chi connectivity index (χ1) is 8.87. The van der Waals surface area contributed by atoms with Gasteiger partial charge in [-0.2, -0.15) is 0 Å². The van der Waals surface area contributed by atoms with Crippen LogP contribution in [0.15, 0.2) is 12.2 Å². The molecule has 3 aliphatic rings. The molecule has 0 bridgehead atoms. The van der Waals surface area contributed by atoms with E-state index in [0.29, 0.717) is 31.5 Å². The van der Waals surface area contributed by atoms with Crippen molar-refractivity contribution in [1.82, 2.24) is 0 Å². The van der Waals surface area contributed by atoms with E-state index in [2.05, 4.69) is 69.8 Å². The number of ketones is 1. The molecule has 0 heterocycles. The van der Waals surface area contributed by atoms with Crippen molar-refractivity contribution in [2.45, 2.75) is 51.4 Å². The average molecular weight is 520 g/mol. The zero-order valence-corrected chi connectivity index (χ0v) is 16.8. The summed E-state index contributed by atoms with van der Waals surface area (Å²) >= 11 is 15.3. The Bertz CT molecular complexity index is 413. The maximum absolute atomic E-state index is 12.0. The summed E-state index contributed by atoms with van der Waals surface area (Å²) < 4.78 is 0. The van der Waals surface area contributed by atoms with Gasteiger partial charge in [0.05, 0.1) is 0 Å². The summed E-state index contributed by atoms with van der Waals surface area (Å²) in [6.45, 7) is 0. The molecule has 0 amide bonds. The number of carbonyl (C=O) groups excluding carboxylic acids is 1. The number of carbonyl (C=O) groups is 1. The van der Waals surface area contributed by atoms with Crippen LogP contribution in [0.1, 0.15) is 32.1 Å². The van der Waals surface area contributed by atoms with Gasteiger partial charge in [0.2, 0.25) is 0 Å². The Morgan fingerprint density at radius 1 is 0.895 bits per heavy atom. The van der Waals surface area contributed by atoms with Gasteiger partial charge in [-0.05, 0) is 42.6 Å². The Balaban J connectivity index is 2.06. The predicted molar refractivity (Wildman–Crippen MR) is 93.0 cm³/mol. The number of hydrogen-bond donors (Lipinski definition) is 0. The smallest absolute Gasteiger partial charge is 0.155 e. The molecule has 106 valence electrons. The first kappa shape index (κ1) is 15.2. The van der Waals surface area contributed by atoms with Crippen LogP contribution in [0.2, 0.25) is 0 Å². The lowest BCUT2D eigenvalue weighted by Crippen LogP contribution is -2.58. The Morgan fingerprint density at radius 3 is 1.89 bits per heavy atom. The van der Waals surface area contributed by atoms with E-state index in [0.717, 1.165) is 25.7 Å². The van der Waals surface area contributed by atoms with Gasteiger partial charge in [-0.25, -0.2) is 0 Å². The van der Waals surface area contributed by atoms with Crippen molar-refractivity contribution in [2.24, 2.45) is 10.8 Å². The van der Waals surface area contributed by atoms with Gasteiger partial charge < -0.3 is 0 Å². The standard InChI is InChI=1S/C14H16Br4O/c15-9-4-13-2-1-8(19)3-14(13,6-11(9)17)7-12(18)10(16)5-13/h1-2,9-12H,3-7H2/t9-,10-,11+,12+,13?,14?/m0/s1. The van der Waals surface area contributed by atoms with Crippen LogP contribution >= 0.6 is 63.7 Å². The van der Waals surface area contributed by atoms with Crippen LogP contribution in [0, 0.1) is 10.8 Å². The lowest BCUT2D eigenvalue weighted by atomic mass is 9.47. The van der Waals surface area contributed by atoms with E-state index >= 15 is 0 Å². The minimum atomic E-state index is 0.135. The van der Waals surface area contributed by atoms with Crippen LogP contribution < -0.4 is 0 Å². The van der Waals surface area contributed by atoms with Gasteiger partial charge in [-0.15, -0.1) is 0 Å². The molecule has 0 saturated heterocycles. The fraction of sp³-hybridized carbons (Fsp3) is 0.786. The van der Waals surface area contributed by atoms with Gasteiger partial charge >= 0.3 is 0 Å². The second kappa shape index (κ2) is 5.20. The minimum Gasteiger partial charge on any atom is -0.295 e. The predicted octanol–water partition coefficient (Wildman–Crippen LogP) is 5.13. The van der Waals surface area contributed by atoms with Crippen LogP contribution in [0.5, 0.6) is 0 Å². The van der Waals surface area contributed by atoms with Crippen molar-refractivity contribution in [3.63, 3.8) is 0 Å². The summed E-state index contributed by atoms with van der Waals surface area (Å²) in [6, 6.07) is 0. The van der Waals surface area contributed by atoms with Crippen molar-refractivity contribution in [2.75, 3.05) is 0 Å².